The van der Waals surface area contributed by atoms with Gasteiger partial charge in [-0.3, -0.25) is 0 Å². The van der Waals surface area contributed by atoms with Crippen LogP contribution in [0.15, 0.2) is 30.5 Å². The Kier molecular flexibility index (Phi) is 4.07. The summed E-state index contributed by atoms with van der Waals surface area (Å²) in [7, 11) is 0. The number of terminal acetylenes is 1. The van der Waals surface area contributed by atoms with Gasteiger partial charge in [0, 0.05) is 42.7 Å². The summed E-state index contributed by atoms with van der Waals surface area (Å²) >= 11 is 0. The molecule has 1 N–H and O–H groups in total. The fraction of sp³-hybridized carbons (Fsp3) is 0.375. The second kappa shape index (κ2) is 5.75. The van der Waals surface area contributed by atoms with Crippen molar-refractivity contribution in [3.8, 4) is 12.3 Å². The van der Waals surface area contributed by atoms with Gasteiger partial charge in [0.05, 0.1) is 0 Å². The molecule has 1 heterocycles. The Balaban J connectivity index is 2.32. The number of nitrogens with one attached hydrogen (secondary N) is 1. The molecular formula is C16H20N2. The van der Waals surface area contributed by atoms with Crippen LogP contribution in [0.5, 0.6) is 0 Å². The summed E-state index contributed by atoms with van der Waals surface area (Å²) in [5.74, 6) is 2.70. The van der Waals surface area contributed by atoms with Gasteiger partial charge in [-0.2, -0.15) is 0 Å². The van der Waals surface area contributed by atoms with Crippen LogP contribution in [0, 0.1) is 12.3 Å². The molecule has 0 radical (unpaired) electrons. The van der Waals surface area contributed by atoms with Gasteiger partial charge in [0.25, 0.3) is 0 Å². The lowest BCUT2D eigenvalue weighted by Crippen LogP contribution is -2.21. The Morgan fingerprint density at radius 3 is 2.83 bits per heavy atom. The van der Waals surface area contributed by atoms with Gasteiger partial charge in [0.2, 0.25) is 0 Å². The fourth-order valence-corrected chi connectivity index (χ4v) is 2.15. The smallest absolute Gasteiger partial charge is 0.0483 e. The number of benzene rings is 1. The quantitative estimate of drug-likeness (QED) is 0.794. The lowest BCUT2D eigenvalue weighted by atomic mass is 10.2. The van der Waals surface area contributed by atoms with E-state index in [0.717, 1.165) is 19.5 Å². The summed E-state index contributed by atoms with van der Waals surface area (Å²) in [5.41, 5.74) is 2.62. The summed E-state index contributed by atoms with van der Waals surface area (Å²) in [4.78, 5) is 0. The third-order valence-corrected chi connectivity index (χ3v) is 3.07. The molecule has 0 unspecified atom stereocenters. The van der Waals surface area contributed by atoms with Crippen LogP contribution in [0.1, 0.15) is 25.8 Å². The van der Waals surface area contributed by atoms with Gasteiger partial charge in [0.15, 0.2) is 0 Å². The molecule has 1 aromatic carbocycles. The molecule has 0 aliphatic carbocycles. The highest BCUT2D eigenvalue weighted by molar-refractivity contribution is 5.83. The SMILES string of the molecule is C#CCCn1cc(CNC(C)C)c2ccccc21. The maximum atomic E-state index is 5.35. The summed E-state index contributed by atoms with van der Waals surface area (Å²) in [6, 6.07) is 9.00. The molecule has 2 rings (SSSR count). The van der Waals surface area contributed by atoms with Gasteiger partial charge in [-0.05, 0) is 11.6 Å². The van der Waals surface area contributed by atoms with E-state index in [1.807, 2.05) is 0 Å². The highest BCUT2D eigenvalue weighted by Crippen LogP contribution is 2.21. The molecule has 2 heteroatoms. The summed E-state index contributed by atoms with van der Waals surface area (Å²) < 4.78 is 2.26. The minimum Gasteiger partial charge on any atom is -0.346 e. The fourth-order valence-electron chi connectivity index (χ4n) is 2.15. The van der Waals surface area contributed by atoms with Crippen molar-refractivity contribution in [3.05, 3.63) is 36.0 Å². The zero-order valence-electron chi connectivity index (χ0n) is 11.1. The Morgan fingerprint density at radius 1 is 1.33 bits per heavy atom. The van der Waals surface area contributed by atoms with Crippen LogP contribution in [0.3, 0.4) is 0 Å². The lowest BCUT2D eigenvalue weighted by molar-refractivity contribution is 0.589. The lowest BCUT2D eigenvalue weighted by Gasteiger charge is -2.06. The molecule has 2 aromatic rings. The highest BCUT2D eigenvalue weighted by Gasteiger charge is 2.07. The molecule has 0 saturated heterocycles. The number of nitrogens with zero attached hydrogens (tertiary/aromatic N) is 1. The molecule has 1 aromatic heterocycles. The van der Waals surface area contributed by atoms with Crippen LogP contribution in [0.25, 0.3) is 10.9 Å². The van der Waals surface area contributed by atoms with E-state index in [1.165, 1.54) is 16.5 Å². The molecule has 18 heavy (non-hydrogen) atoms. The van der Waals surface area contributed by atoms with Crippen molar-refractivity contribution < 1.29 is 0 Å². The monoisotopic (exact) mass is 240 g/mol. The van der Waals surface area contributed by atoms with E-state index in [1.54, 1.807) is 0 Å². The maximum absolute atomic E-state index is 5.35. The second-order valence-electron chi connectivity index (χ2n) is 4.85. The molecule has 0 saturated carbocycles. The minimum absolute atomic E-state index is 0.498. The van der Waals surface area contributed by atoms with Crippen LogP contribution < -0.4 is 5.32 Å². The third kappa shape index (κ3) is 2.75. The number of para-hydroxylation sites is 1. The van der Waals surface area contributed by atoms with Crippen molar-refractivity contribution in [3.63, 3.8) is 0 Å². The normalized spacial score (nSPS) is 11.0. The molecular weight excluding hydrogens is 220 g/mol. The number of hydrogen-bond acceptors (Lipinski definition) is 1. The Morgan fingerprint density at radius 2 is 2.11 bits per heavy atom. The molecule has 0 atom stereocenters. The van der Waals surface area contributed by atoms with E-state index >= 15 is 0 Å². The average Bonchev–Trinajstić information content (AvgIpc) is 2.72. The summed E-state index contributed by atoms with van der Waals surface area (Å²) in [6.45, 7) is 6.12. The number of aromatic nitrogens is 1. The van der Waals surface area contributed by atoms with Crippen molar-refractivity contribution in [2.75, 3.05) is 0 Å². The second-order valence-corrected chi connectivity index (χ2v) is 4.85. The van der Waals surface area contributed by atoms with E-state index in [4.69, 9.17) is 6.42 Å². The van der Waals surface area contributed by atoms with Gasteiger partial charge < -0.3 is 9.88 Å². The van der Waals surface area contributed by atoms with E-state index in [0.29, 0.717) is 6.04 Å². The molecule has 0 amide bonds. The first-order valence-electron chi connectivity index (χ1n) is 6.46. The van der Waals surface area contributed by atoms with Crippen LogP contribution >= 0.6 is 0 Å². The molecule has 94 valence electrons. The molecule has 0 aliphatic heterocycles. The number of aryl methyl sites for hydroxylation is 1. The predicted octanol–water partition coefficient (Wildman–Crippen LogP) is 3.16. The van der Waals surface area contributed by atoms with Gasteiger partial charge in [-0.15, -0.1) is 12.3 Å². The maximum Gasteiger partial charge on any atom is 0.0483 e. The van der Waals surface area contributed by atoms with Crippen LogP contribution in [0.2, 0.25) is 0 Å². The third-order valence-electron chi connectivity index (χ3n) is 3.07. The first-order chi connectivity index (χ1) is 8.72. The summed E-state index contributed by atoms with van der Waals surface area (Å²) in [6.07, 6.45) is 8.34. The predicted molar refractivity (Wildman–Crippen MR) is 77.4 cm³/mol. The number of hydrogen-bond donors (Lipinski definition) is 1. The van der Waals surface area contributed by atoms with Crippen molar-refractivity contribution >= 4 is 10.9 Å². The van der Waals surface area contributed by atoms with E-state index in [9.17, 15) is 0 Å². The first-order valence-corrected chi connectivity index (χ1v) is 6.46. The summed E-state index contributed by atoms with van der Waals surface area (Å²) in [5, 5.41) is 4.79. The van der Waals surface area contributed by atoms with E-state index in [-0.39, 0.29) is 0 Å². The molecule has 2 nitrogen and oxygen atoms in total. The van der Waals surface area contributed by atoms with Crippen molar-refractivity contribution in [2.24, 2.45) is 0 Å². The first kappa shape index (κ1) is 12.7. The van der Waals surface area contributed by atoms with Crippen LogP contribution in [-0.2, 0) is 13.1 Å². The molecule has 0 spiro atoms. The standard InChI is InChI=1S/C16H20N2/c1-4-5-10-18-12-14(11-17-13(2)3)15-8-6-7-9-16(15)18/h1,6-9,12-13,17H,5,10-11H2,2-3H3. The van der Waals surface area contributed by atoms with Gasteiger partial charge in [-0.25, -0.2) is 0 Å². The van der Waals surface area contributed by atoms with Crippen LogP contribution in [-0.4, -0.2) is 10.6 Å². The van der Waals surface area contributed by atoms with E-state index in [2.05, 4.69) is 60.1 Å². The zero-order valence-corrected chi connectivity index (χ0v) is 11.1. The van der Waals surface area contributed by atoms with Crippen LogP contribution in [0.4, 0.5) is 0 Å². The number of rotatable bonds is 5. The van der Waals surface area contributed by atoms with Crippen molar-refractivity contribution in [1.82, 2.24) is 9.88 Å². The number of fused-ring (bicyclic) bond motifs is 1. The van der Waals surface area contributed by atoms with Gasteiger partial charge in [0.1, 0.15) is 0 Å². The highest BCUT2D eigenvalue weighted by atomic mass is 15.0. The molecule has 0 aliphatic rings. The Bertz CT molecular complexity index is 558. The van der Waals surface area contributed by atoms with Crippen molar-refractivity contribution in [2.45, 2.75) is 39.4 Å². The van der Waals surface area contributed by atoms with Crippen molar-refractivity contribution in [1.29, 1.82) is 0 Å². The Labute approximate surface area is 109 Å². The van der Waals surface area contributed by atoms with E-state index < -0.39 is 0 Å². The minimum atomic E-state index is 0.498. The largest absolute Gasteiger partial charge is 0.346 e. The van der Waals surface area contributed by atoms with Gasteiger partial charge >= 0.3 is 0 Å². The average molecular weight is 240 g/mol. The van der Waals surface area contributed by atoms with Gasteiger partial charge in [-0.1, -0.05) is 32.0 Å². The Hall–Kier alpha value is -1.72. The molecule has 0 bridgehead atoms. The zero-order chi connectivity index (χ0) is 13.0. The molecule has 0 fully saturated rings. The topological polar surface area (TPSA) is 17.0 Å².